The third-order valence-electron chi connectivity index (χ3n) is 9.85. The molecule has 0 saturated heterocycles. The Labute approximate surface area is 248 Å². The SMILES string of the molecule is C=C1CC[C@@H]2[C@H](COC(=O)CCCCCCC)[C@H](OC(=O)CCCCCCC)[C@H](O)C[C@@]2(C)[C@@H]1CCc1ccoc1. The maximum absolute atomic E-state index is 12.9. The van der Waals surface area contributed by atoms with E-state index in [9.17, 15) is 14.7 Å². The predicted octanol–water partition coefficient (Wildman–Crippen LogP) is 8.36. The number of carbonyl (C=O) groups excluding carboxylic acids is 2. The molecule has 6 atom stereocenters. The molecule has 2 aliphatic carbocycles. The van der Waals surface area contributed by atoms with E-state index in [4.69, 9.17) is 13.9 Å². The Morgan fingerprint density at radius 2 is 1.68 bits per heavy atom. The minimum atomic E-state index is -0.805. The van der Waals surface area contributed by atoms with Gasteiger partial charge in [0.15, 0.2) is 0 Å². The quantitative estimate of drug-likeness (QED) is 0.108. The first-order valence-corrected chi connectivity index (χ1v) is 16.5. The van der Waals surface area contributed by atoms with Crippen molar-refractivity contribution in [2.45, 2.75) is 142 Å². The molecular formula is C35H56O6. The summed E-state index contributed by atoms with van der Waals surface area (Å²) in [5.74, 6) is -0.302. The topological polar surface area (TPSA) is 86.0 Å². The molecule has 2 aliphatic rings. The van der Waals surface area contributed by atoms with Crippen molar-refractivity contribution in [2.24, 2.45) is 23.2 Å². The molecule has 6 nitrogen and oxygen atoms in total. The van der Waals surface area contributed by atoms with Crippen LogP contribution in [0.3, 0.4) is 0 Å². The zero-order valence-corrected chi connectivity index (χ0v) is 26.0. The lowest BCUT2D eigenvalue weighted by molar-refractivity contribution is -0.193. The summed E-state index contributed by atoms with van der Waals surface area (Å²) in [5.41, 5.74) is 2.17. The average molecular weight is 573 g/mol. The van der Waals surface area contributed by atoms with Crippen LogP contribution in [-0.2, 0) is 25.5 Å². The Hall–Kier alpha value is -2.08. The first-order valence-electron chi connectivity index (χ1n) is 16.5. The Bertz CT molecular complexity index is 923. The van der Waals surface area contributed by atoms with Crippen LogP contribution in [0.1, 0.15) is 129 Å². The monoisotopic (exact) mass is 572 g/mol. The van der Waals surface area contributed by atoms with Crippen LogP contribution in [0.5, 0.6) is 0 Å². The first-order chi connectivity index (χ1) is 19.8. The zero-order chi connectivity index (χ0) is 29.7. The standard InChI is InChI=1S/C35H56O6/c1-5-7-9-11-13-15-32(37)40-25-28-30-19-17-26(3)29(20-18-27-21-22-39-24-27)35(30,4)23-31(36)34(28)41-33(38)16-14-12-10-8-6-2/h21-22,24,28-31,34,36H,3,5-20,23,25H2,1-2,4H3/t28-,29+,30+,31+,34-,35-/m0/s1. The molecule has 0 radical (unpaired) electrons. The van der Waals surface area contributed by atoms with Gasteiger partial charge >= 0.3 is 11.9 Å². The van der Waals surface area contributed by atoms with Gasteiger partial charge in [-0.15, -0.1) is 0 Å². The van der Waals surface area contributed by atoms with Crippen LogP contribution in [0.25, 0.3) is 0 Å². The van der Waals surface area contributed by atoms with E-state index in [-0.39, 0.29) is 41.7 Å². The molecule has 41 heavy (non-hydrogen) atoms. The molecule has 0 bridgehead atoms. The second kappa shape index (κ2) is 17.1. The number of unbranched alkanes of at least 4 members (excludes halogenated alkanes) is 8. The molecule has 2 fully saturated rings. The number of fused-ring (bicyclic) bond motifs is 1. The summed E-state index contributed by atoms with van der Waals surface area (Å²) < 4.78 is 17.2. The number of rotatable bonds is 18. The molecular weight excluding hydrogens is 516 g/mol. The van der Waals surface area contributed by atoms with Crippen molar-refractivity contribution in [3.63, 3.8) is 0 Å². The molecule has 1 aromatic rings. The molecule has 0 amide bonds. The highest BCUT2D eigenvalue weighted by molar-refractivity contribution is 5.70. The highest BCUT2D eigenvalue weighted by atomic mass is 16.6. The van der Waals surface area contributed by atoms with Crippen molar-refractivity contribution >= 4 is 11.9 Å². The van der Waals surface area contributed by atoms with Gasteiger partial charge in [0.05, 0.1) is 25.2 Å². The number of aryl methyl sites for hydroxylation is 1. The third-order valence-corrected chi connectivity index (χ3v) is 9.85. The number of allylic oxidation sites excluding steroid dienone is 1. The molecule has 2 saturated carbocycles. The summed E-state index contributed by atoms with van der Waals surface area (Å²) in [5, 5.41) is 11.5. The normalized spacial score (nSPS) is 27.8. The fourth-order valence-corrected chi connectivity index (χ4v) is 7.52. The first kappa shape index (κ1) is 33.4. The second-order valence-electron chi connectivity index (χ2n) is 12.9. The van der Waals surface area contributed by atoms with Crippen molar-refractivity contribution in [1.29, 1.82) is 0 Å². The van der Waals surface area contributed by atoms with E-state index in [1.807, 2.05) is 6.07 Å². The maximum atomic E-state index is 12.9. The van der Waals surface area contributed by atoms with Gasteiger partial charge in [-0.3, -0.25) is 9.59 Å². The summed E-state index contributed by atoms with van der Waals surface area (Å²) in [6.45, 7) is 11.3. The average Bonchev–Trinajstić information content (AvgIpc) is 3.46. The van der Waals surface area contributed by atoms with Crippen LogP contribution in [-0.4, -0.2) is 35.9 Å². The van der Waals surface area contributed by atoms with Gasteiger partial charge in [0.2, 0.25) is 0 Å². The van der Waals surface area contributed by atoms with Gasteiger partial charge in [-0.25, -0.2) is 0 Å². The highest BCUT2D eigenvalue weighted by Crippen LogP contribution is 2.58. The van der Waals surface area contributed by atoms with E-state index >= 15 is 0 Å². The number of hydrogen-bond acceptors (Lipinski definition) is 6. The van der Waals surface area contributed by atoms with Crippen LogP contribution in [0, 0.1) is 23.2 Å². The van der Waals surface area contributed by atoms with Gasteiger partial charge in [0.1, 0.15) is 6.10 Å². The lowest BCUT2D eigenvalue weighted by atomic mass is 9.49. The number of hydrogen-bond donors (Lipinski definition) is 1. The van der Waals surface area contributed by atoms with Gasteiger partial charge < -0.3 is 19.0 Å². The number of carbonyl (C=O) groups is 2. The van der Waals surface area contributed by atoms with E-state index in [2.05, 4.69) is 27.4 Å². The molecule has 3 rings (SSSR count). The zero-order valence-electron chi connectivity index (χ0n) is 26.0. The smallest absolute Gasteiger partial charge is 0.306 e. The summed E-state index contributed by atoms with van der Waals surface area (Å²) in [4.78, 5) is 25.7. The lowest BCUT2D eigenvalue weighted by Gasteiger charge is -2.57. The summed E-state index contributed by atoms with van der Waals surface area (Å²) in [6, 6.07) is 2.00. The van der Waals surface area contributed by atoms with E-state index < -0.39 is 12.2 Å². The molecule has 232 valence electrons. The largest absolute Gasteiger partial charge is 0.472 e. The van der Waals surface area contributed by atoms with Crippen molar-refractivity contribution in [2.75, 3.05) is 6.61 Å². The molecule has 1 N–H and O–H groups in total. The molecule has 0 unspecified atom stereocenters. The van der Waals surface area contributed by atoms with Crippen LogP contribution in [0.2, 0.25) is 0 Å². The number of esters is 2. The van der Waals surface area contributed by atoms with Crippen LogP contribution in [0.15, 0.2) is 35.2 Å². The van der Waals surface area contributed by atoms with E-state index in [1.54, 1.807) is 12.5 Å². The Morgan fingerprint density at radius 3 is 2.32 bits per heavy atom. The van der Waals surface area contributed by atoms with E-state index in [0.717, 1.165) is 76.2 Å². The predicted molar refractivity (Wildman–Crippen MR) is 162 cm³/mol. The second-order valence-corrected chi connectivity index (χ2v) is 12.9. The van der Waals surface area contributed by atoms with E-state index in [0.29, 0.717) is 19.3 Å². The number of aliphatic hydroxyl groups excluding tert-OH is 1. The van der Waals surface area contributed by atoms with Gasteiger partial charge in [0, 0.05) is 18.8 Å². The molecule has 1 heterocycles. The number of furan rings is 1. The van der Waals surface area contributed by atoms with Crippen LogP contribution >= 0.6 is 0 Å². The van der Waals surface area contributed by atoms with Gasteiger partial charge in [-0.1, -0.05) is 84.3 Å². The van der Waals surface area contributed by atoms with E-state index in [1.165, 1.54) is 24.8 Å². The van der Waals surface area contributed by atoms with Crippen LogP contribution < -0.4 is 0 Å². The summed E-state index contributed by atoms with van der Waals surface area (Å²) in [6.07, 6.45) is 17.6. The Balaban J connectivity index is 1.71. The van der Waals surface area contributed by atoms with Gasteiger partial charge in [-0.2, -0.15) is 0 Å². The molecule has 0 aromatic carbocycles. The summed E-state index contributed by atoms with van der Waals surface area (Å²) in [7, 11) is 0. The van der Waals surface area contributed by atoms with Gasteiger partial charge in [0.25, 0.3) is 0 Å². The number of aliphatic hydroxyl groups is 1. The molecule has 6 heteroatoms. The molecule has 1 aromatic heterocycles. The molecule has 0 aliphatic heterocycles. The molecule has 0 spiro atoms. The fourth-order valence-electron chi connectivity index (χ4n) is 7.52. The van der Waals surface area contributed by atoms with Crippen molar-refractivity contribution in [1.82, 2.24) is 0 Å². The fraction of sp³-hybridized carbons (Fsp3) is 0.771. The van der Waals surface area contributed by atoms with Crippen molar-refractivity contribution in [3.8, 4) is 0 Å². The lowest BCUT2D eigenvalue weighted by Crippen LogP contribution is -2.58. The minimum Gasteiger partial charge on any atom is -0.472 e. The Morgan fingerprint density at radius 1 is 1.02 bits per heavy atom. The Kier molecular flexibility index (Phi) is 14.0. The summed E-state index contributed by atoms with van der Waals surface area (Å²) >= 11 is 0. The highest BCUT2D eigenvalue weighted by Gasteiger charge is 2.57. The van der Waals surface area contributed by atoms with Gasteiger partial charge in [-0.05, 0) is 73.8 Å². The minimum absolute atomic E-state index is 0.158. The van der Waals surface area contributed by atoms with Crippen LogP contribution in [0.4, 0.5) is 0 Å². The van der Waals surface area contributed by atoms with Crippen molar-refractivity contribution in [3.05, 3.63) is 36.3 Å². The maximum Gasteiger partial charge on any atom is 0.306 e. The third kappa shape index (κ3) is 9.73. The van der Waals surface area contributed by atoms with Crippen molar-refractivity contribution < 1.29 is 28.6 Å². The number of ether oxygens (including phenoxy) is 2.